The Hall–Kier alpha value is -3.07. The summed E-state index contributed by atoms with van der Waals surface area (Å²) < 4.78 is 67.1. The zero-order valence-electron chi connectivity index (χ0n) is 28.8. The number of ether oxygens (including phenoxy) is 6. The van der Waals surface area contributed by atoms with E-state index in [0.29, 0.717) is 17.7 Å². The lowest BCUT2D eigenvalue weighted by Gasteiger charge is -2.48. The predicted octanol–water partition coefficient (Wildman–Crippen LogP) is 1.79. The molecule has 3 aromatic carbocycles. The van der Waals surface area contributed by atoms with Gasteiger partial charge in [-0.1, -0.05) is 65.7 Å². The second kappa shape index (κ2) is 17.2. The number of amides is 1. The average Bonchev–Trinajstić information content (AvgIpc) is 3.13. The van der Waals surface area contributed by atoms with Gasteiger partial charge in [0.15, 0.2) is 18.9 Å². The molecule has 5 N–H and O–H groups in total. The fraction of sp³-hybridized carbons (Fsp3) is 0.472. The smallest absolute Gasteiger partial charge is 0.297 e. The van der Waals surface area contributed by atoms with Crippen LogP contribution in [-0.2, 0) is 60.5 Å². The molecule has 288 valence electrons. The highest BCUT2D eigenvalue weighted by Crippen LogP contribution is 2.34. The Kier molecular flexibility index (Phi) is 12.8. The number of nitrogens with one attached hydrogen (secondary N) is 1. The molecule has 0 saturated carbocycles. The van der Waals surface area contributed by atoms with Gasteiger partial charge in [0.2, 0.25) is 5.91 Å². The number of hydrogen-bond donors (Lipinski definition) is 5. The number of fused-ring (bicyclic) bond motifs is 1. The van der Waals surface area contributed by atoms with Crippen LogP contribution >= 0.6 is 11.6 Å². The van der Waals surface area contributed by atoms with Gasteiger partial charge in [-0.25, -0.2) is 0 Å². The van der Waals surface area contributed by atoms with E-state index >= 15 is 0 Å². The molecular weight excluding hydrogens is 738 g/mol. The lowest BCUT2D eigenvalue weighted by Crippen LogP contribution is -2.66. The SMILES string of the molecule is CC(=O)Nc1cc(CO[C@@H]2O[C@H](COS(=O)(=O)c3ccc(C)cc3)[C@@H](O[C@H]3O[C@@H]4COC(Cc5ccccc5)O[C@H]4[C@H](O)[C@H]3O)[C@H](O)[C@H]2O)ccc1Cl. The molecule has 3 fully saturated rings. The van der Waals surface area contributed by atoms with Crippen molar-refractivity contribution < 1.29 is 66.2 Å². The van der Waals surface area contributed by atoms with Crippen molar-refractivity contribution in [1.29, 1.82) is 0 Å². The Morgan fingerprint density at radius 2 is 1.60 bits per heavy atom. The molecule has 1 amide bonds. The molecule has 3 aromatic rings. The topological polar surface area (TPSA) is 209 Å². The first-order chi connectivity index (χ1) is 25.3. The molecule has 3 heterocycles. The molecule has 11 atom stereocenters. The van der Waals surface area contributed by atoms with E-state index in [-0.39, 0.29) is 29.0 Å². The summed E-state index contributed by atoms with van der Waals surface area (Å²) in [5, 5.41) is 47.6. The molecule has 0 spiro atoms. The van der Waals surface area contributed by atoms with Gasteiger partial charge in [0.05, 0.1) is 35.4 Å². The second-order valence-corrected chi connectivity index (χ2v) is 15.1. The predicted molar refractivity (Wildman–Crippen MR) is 186 cm³/mol. The van der Waals surface area contributed by atoms with Crippen LogP contribution in [-0.4, -0.2) is 116 Å². The first-order valence-electron chi connectivity index (χ1n) is 16.9. The van der Waals surface area contributed by atoms with E-state index < -0.39 is 84.4 Å². The molecule has 3 saturated heterocycles. The Bertz CT molecular complexity index is 1800. The third kappa shape index (κ3) is 9.60. The van der Waals surface area contributed by atoms with E-state index in [2.05, 4.69) is 5.32 Å². The zero-order chi connectivity index (χ0) is 37.9. The first-order valence-corrected chi connectivity index (χ1v) is 18.7. The molecule has 0 aromatic heterocycles. The van der Waals surface area contributed by atoms with Gasteiger partial charge in [0.1, 0.15) is 48.8 Å². The van der Waals surface area contributed by atoms with Crippen molar-refractivity contribution in [2.45, 2.75) is 99.5 Å². The number of aliphatic hydroxyl groups excluding tert-OH is 4. The van der Waals surface area contributed by atoms with Crippen molar-refractivity contribution >= 4 is 33.3 Å². The number of anilines is 1. The summed E-state index contributed by atoms with van der Waals surface area (Å²) in [4.78, 5) is 11.5. The molecule has 3 aliphatic heterocycles. The fourth-order valence-corrected chi connectivity index (χ4v) is 7.29. The number of hydrogen-bond acceptors (Lipinski definition) is 14. The van der Waals surface area contributed by atoms with Crippen LogP contribution in [0.3, 0.4) is 0 Å². The van der Waals surface area contributed by atoms with Gasteiger partial charge >= 0.3 is 0 Å². The Balaban J connectivity index is 1.17. The quantitative estimate of drug-likeness (QED) is 0.166. The summed E-state index contributed by atoms with van der Waals surface area (Å²) in [5.41, 5.74) is 2.60. The van der Waals surface area contributed by atoms with E-state index in [1.165, 1.54) is 25.1 Å². The number of carbonyl (C=O) groups excluding carboxylic acids is 1. The van der Waals surface area contributed by atoms with Crippen molar-refractivity contribution in [2.24, 2.45) is 0 Å². The van der Waals surface area contributed by atoms with Crippen molar-refractivity contribution in [3.8, 4) is 0 Å². The summed E-state index contributed by atoms with van der Waals surface area (Å²) in [6.07, 6.45) is -15.1. The van der Waals surface area contributed by atoms with Crippen molar-refractivity contribution in [3.63, 3.8) is 0 Å². The van der Waals surface area contributed by atoms with Gasteiger partial charge in [-0.05, 0) is 42.3 Å². The number of halogens is 1. The van der Waals surface area contributed by atoms with Crippen LogP contribution in [0.2, 0.25) is 5.02 Å². The Morgan fingerprint density at radius 3 is 2.32 bits per heavy atom. The van der Waals surface area contributed by atoms with Crippen molar-refractivity contribution in [3.05, 3.63) is 94.5 Å². The minimum Gasteiger partial charge on any atom is -0.387 e. The summed E-state index contributed by atoms with van der Waals surface area (Å²) in [5.74, 6) is -0.348. The molecule has 1 unspecified atom stereocenters. The number of aryl methyl sites for hydroxylation is 1. The van der Waals surface area contributed by atoms with Gasteiger partial charge in [0, 0.05) is 13.3 Å². The largest absolute Gasteiger partial charge is 0.387 e. The van der Waals surface area contributed by atoms with Crippen LogP contribution in [0, 0.1) is 6.92 Å². The maximum absolute atomic E-state index is 13.1. The number of rotatable bonds is 12. The van der Waals surface area contributed by atoms with Gasteiger partial charge in [-0.15, -0.1) is 0 Å². The van der Waals surface area contributed by atoms with Gasteiger partial charge in [0.25, 0.3) is 10.1 Å². The number of carbonyl (C=O) groups is 1. The monoisotopic (exact) mass is 779 g/mol. The maximum atomic E-state index is 13.1. The average molecular weight is 780 g/mol. The molecule has 0 aliphatic carbocycles. The third-order valence-electron chi connectivity index (χ3n) is 9.03. The molecule has 6 rings (SSSR count). The molecule has 53 heavy (non-hydrogen) atoms. The molecule has 3 aliphatic rings. The lowest BCUT2D eigenvalue weighted by molar-refractivity contribution is -0.384. The van der Waals surface area contributed by atoms with Crippen LogP contribution < -0.4 is 5.32 Å². The van der Waals surface area contributed by atoms with Crippen LogP contribution in [0.5, 0.6) is 0 Å². The molecule has 17 heteroatoms. The van der Waals surface area contributed by atoms with Crippen LogP contribution in [0.4, 0.5) is 5.69 Å². The summed E-state index contributed by atoms with van der Waals surface area (Å²) >= 11 is 6.18. The second-order valence-electron chi connectivity index (χ2n) is 13.1. The van der Waals surface area contributed by atoms with Crippen LogP contribution in [0.15, 0.2) is 77.7 Å². The summed E-state index contributed by atoms with van der Waals surface area (Å²) in [6.45, 7) is 2.18. The van der Waals surface area contributed by atoms with E-state index in [1.807, 2.05) is 30.3 Å². The fourth-order valence-electron chi connectivity index (χ4n) is 6.21. The zero-order valence-corrected chi connectivity index (χ0v) is 30.3. The lowest BCUT2D eigenvalue weighted by atomic mass is 9.96. The standard InChI is InChI=1S/C36H42ClNO14S/c1-19-8-11-23(12-9-19)53(44,45)48-18-27-34(29(40)31(42)35(49-27)47-16-22-10-13-24(37)25(14-22)38-20(2)39)52-36-32(43)30(41)33-26(50-36)17-46-28(51-33)15-21-6-4-3-5-7-21/h3-14,26-36,40-43H,15-18H2,1-2H3,(H,38,39)/t26-,27-,28?,29-,30-,31-,32-,33-,34-,35-,36-/m1/s1. The minimum atomic E-state index is -4.34. The van der Waals surface area contributed by atoms with Crippen molar-refractivity contribution in [1.82, 2.24) is 0 Å². The van der Waals surface area contributed by atoms with Crippen LogP contribution in [0.1, 0.15) is 23.6 Å². The summed E-state index contributed by atoms with van der Waals surface area (Å²) in [6, 6.07) is 20.1. The van der Waals surface area contributed by atoms with Crippen LogP contribution in [0.25, 0.3) is 0 Å². The highest BCUT2D eigenvalue weighted by atomic mass is 35.5. The summed E-state index contributed by atoms with van der Waals surface area (Å²) in [7, 11) is -4.34. The third-order valence-corrected chi connectivity index (χ3v) is 10.7. The minimum absolute atomic E-state index is 0.0241. The first kappa shape index (κ1) is 39.6. The van der Waals surface area contributed by atoms with E-state index in [1.54, 1.807) is 31.2 Å². The highest BCUT2D eigenvalue weighted by Gasteiger charge is 2.53. The van der Waals surface area contributed by atoms with Gasteiger partial charge < -0.3 is 54.2 Å². The van der Waals surface area contributed by atoms with E-state index in [4.69, 9.17) is 44.2 Å². The number of aliphatic hydroxyl groups is 4. The van der Waals surface area contributed by atoms with Gasteiger partial charge in [-0.3, -0.25) is 8.98 Å². The Morgan fingerprint density at radius 1 is 0.887 bits per heavy atom. The molecule has 0 bridgehead atoms. The molecular formula is C36H42ClNO14S. The van der Waals surface area contributed by atoms with Gasteiger partial charge in [-0.2, -0.15) is 8.42 Å². The molecule has 15 nitrogen and oxygen atoms in total. The highest BCUT2D eigenvalue weighted by molar-refractivity contribution is 7.86. The number of benzene rings is 3. The Labute approximate surface area is 311 Å². The van der Waals surface area contributed by atoms with E-state index in [9.17, 15) is 33.6 Å². The van der Waals surface area contributed by atoms with E-state index in [0.717, 1.165) is 11.1 Å². The maximum Gasteiger partial charge on any atom is 0.297 e. The van der Waals surface area contributed by atoms with Crippen molar-refractivity contribution in [2.75, 3.05) is 18.5 Å². The normalized spacial score (nSPS) is 31.8. The molecule has 0 radical (unpaired) electrons.